The van der Waals surface area contributed by atoms with E-state index in [9.17, 15) is 0 Å². The molecule has 0 aliphatic heterocycles. The second-order valence-electron chi connectivity index (χ2n) is 5.68. The van der Waals surface area contributed by atoms with Gasteiger partial charge in [0.25, 0.3) is 0 Å². The number of unbranched alkanes of at least 4 members (excludes halogenated alkanes) is 1. The molecule has 0 amide bonds. The third-order valence-electron chi connectivity index (χ3n) is 3.99. The number of hydrogen-bond acceptors (Lipinski definition) is 1. The van der Waals surface area contributed by atoms with Gasteiger partial charge in [0.15, 0.2) is 0 Å². The Morgan fingerprint density at radius 3 is 2.65 bits per heavy atom. The average molecular weight is 285 g/mol. The largest absolute Gasteiger partial charge is 0.332 e. The van der Waals surface area contributed by atoms with Crippen LogP contribution in [0.25, 0.3) is 21.1 Å². The van der Waals surface area contributed by atoms with Gasteiger partial charge in [-0.2, -0.15) is 0 Å². The zero-order chi connectivity index (χ0) is 14.1. The van der Waals surface area contributed by atoms with Gasteiger partial charge < -0.3 is 4.57 Å². The van der Waals surface area contributed by atoms with Crippen molar-refractivity contribution >= 4 is 32.5 Å². The van der Waals surface area contributed by atoms with Gasteiger partial charge in [0, 0.05) is 27.7 Å². The summed E-state index contributed by atoms with van der Waals surface area (Å²) in [6, 6.07) is 9.43. The minimum absolute atomic E-state index is 1.12. The highest BCUT2D eigenvalue weighted by Gasteiger charge is 2.13. The molecule has 2 heterocycles. The summed E-state index contributed by atoms with van der Waals surface area (Å²) in [4.78, 5) is 2.87. The van der Waals surface area contributed by atoms with Crippen LogP contribution < -0.4 is 0 Å². The van der Waals surface area contributed by atoms with Crippen LogP contribution in [0.3, 0.4) is 0 Å². The van der Waals surface area contributed by atoms with E-state index >= 15 is 0 Å². The number of benzene rings is 1. The molecule has 0 N–H and O–H groups in total. The molecule has 20 heavy (non-hydrogen) atoms. The molecule has 2 heteroatoms. The fourth-order valence-electron chi connectivity index (χ4n) is 3.02. The normalized spacial score (nSPS) is 11.8. The van der Waals surface area contributed by atoms with E-state index in [1.54, 1.807) is 0 Å². The second-order valence-corrected chi connectivity index (χ2v) is 6.92. The van der Waals surface area contributed by atoms with Crippen molar-refractivity contribution in [3.8, 4) is 0 Å². The molecule has 3 rings (SSSR count). The Bertz CT molecular complexity index is 733. The van der Waals surface area contributed by atoms with Crippen molar-refractivity contribution in [1.82, 2.24) is 4.57 Å². The van der Waals surface area contributed by atoms with E-state index in [1.807, 2.05) is 11.3 Å². The Balaban J connectivity index is 2.19. The fraction of sp³-hybridized carbons (Fsp3) is 0.444. The maximum absolute atomic E-state index is 2.51. The molecule has 0 fully saturated rings. The van der Waals surface area contributed by atoms with Gasteiger partial charge in [0.05, 0.1) is 0 Å². The van der Waals surface area contributed by atoms with Crippen LogP contribution in [0.5, 0.6) is 0 Å². The molecule has 3 aromatic rings. The Hall–Kier alpha value is -1.28. The average Bonchev–Trinajstić information content (AvgIpc) is 2.94. The second kappa shape index (κ2) is 5.61. The predicted molar refractivity (Wildman–Crippen MR) is 91.0 cm³/mol. The van der Waals surface area contributed by atoms with Crippen molar-refractivity contribution in [3.05, 3.63) is 34.7 Å². The first-order valence-electron chi connectivity index (χ1n) is 7.75. The molecule has 0 saturated heterocycles. The van der Waals surface area contributed by atoms with Crippen molar-refractivity contribution in [3.63, 3.8) is 0 Å². The van der Waals surface area contributed by atoms with Crippen LogP contribution in [0.1, 0.15) is 43.6 Å². The van der Waals surface area contributed by atoms with E-state index in [0.717, 1.165) is 6.54 Å². The molecular formula is C18H23NS. The van der Waals surface area contributed by atoms with Gasteiger partial charge in [-0.05, 0) is 49.9 Å². The predicted octanol–water partition coefficient (Wildman–Crippen LogP) is 5.92. The maximum atomic E-state index is 2.51. The van der Waals surface area contributed by atoms with Gasteiger partial charge in [-0.1, -0.05) is 26.3 Å². The monoisotopic (exact) mass is 285 g/mol. The van der Waals surface area contributed by atoms with Crippen molar-refractivity contribution in [1.29, 1.82) is 0 Å². The van der Waals surface area contributed by atoms with Crippen LogP contribution in [0.4, 0.5) is 0 Å². The number of hydrogen-bond donors (Lipinski definition) is 0. The highest BCUT2D eigenvalue weighted by Crippen LogP contribution is 2.35. The zero-order valence-electron chi connectivity index (χ0n) is 12.7. The summed E-state index contributed by atoms with van der Waals surface area (Å²) in [6.07, 6.45) is 4.94. The molecule has 0 saturated carbocycles. The number of thiophene rings is 1. The Morgan fingerprint density at radius 1 is 1.05 bits per heavy atom. The zero-order valence-corrected chi connectivity index (χ0v) is 13.5. The summed E-state index contributed by atoms with van der Waals surface area (Å²) in [5.41, 5.74) is 2.90. The minimum atomic E-state index is 1.12. The first-order valence-corrected chi connectivity index (χ1v) is 8.57. The van der Waals surface area contributed by atoms with E-state index in [-0.39, 0.29) is 0 Å². The van der Waals surface area contributed by atoms with Crippen LogP contribution in [-0.2, 0) is 13.0 Å². The van der Waals surface area contributed by atoms with Crippen LogP contribution in [0.2, 0.25) is 0 Å². The first kappa shape index (κ1) is 13.7. The Morgan fingerprint density at radius 2 is 1.90 bits per heavy atom. The van der Waals surface area contributed by atoms with Crippen molar-refractivity contribution < 1.29 is 0 Å². The van der Waals surface area contributed by atoms with E-state index in [4.69, 9.17) is 0 Å². The summed E-state index contributed by atoms with van der Waals surface area (Å²) >= 11 is 1.93. The molecule has 0 aliphatic carbocycles. The number of aromatic nitrogens is 1. The van der Waals surface area contributed by atoms with E-state index in [1.165, 1.54) is 57.2 Å². The molecule has 1 aromatic carbocycles. The quantitative estimate of drug-likeness (QED) is 0.548. The summed E-state index contributed by atoms with van der Waals surface area (Å²) in [6.45, 7) is 7.85. The van der Waals surface area contributed by atoms with Crippen LogP contribution in [0, 0.1) is 6.92 Å². The van der Waals surface area contributed by atoms with Gasteiger partial charge in [0.2, 0.25) is 0 Å². The number of nitrogens with zero attached hydrogens (tertiary/aromatic N) is 1. The van der Waals surface area contributed by atoms with Crippen molar-refractivity contribution in [2.24, 2.45) is 0 Å². The SMILES string of the molecule is CCCCc1ccc2c(c1)c1cc(C)sc1n2CCC. The van der Waals surface area contributed by atoms with E-state index in [2.05, 4.69) is 49.6 Å². The van der Waals surface area contributed by atoms with E-state index < -0.39 is 0 Å². The lowest BCUT2D eigenvalue weighted by Gasteiger charge is -2.05. The topological polar surface area (TPSA) is 4.93 Å². The maximum Gasteiger partial charge on any atom is 0.104 e. The fourth-order valence-corrected chi connectivity index (χ4v) is 4.08. The highest BCUT2D eigenvalue weighted by atomic mass is 32.1. The summed E-state index contributed by atoms with van der Waals surface area (Å²) in [7, 11) is 0. The molecular weight excluding hydrogens is 262 g/mol. The minimum Gasteiger partial charge on any atom is -0.332 e. The lowest BCUT2D eigenvalue weighted by atomic mass is 10.1. The molecule has 0 unspecified atom stereocenters. The van der Waals surface area contributed by atoms with Gasteiger partial charge in [-0.25, -0.2) is 0 Å². The van der Waals surface area contributed by atoms with Gasteiger partial charge in [-0.15, -0.1) is 11.3 Å². The lowest BCUT2D eigenvalue weighted by Crippen LogP contribution is -1.95. The lowest BCUT2D eigenvalue weighted by molar-refractivity contribution is 0.727. The third-order valence-corrected chi connectivity index (χ3v) is 5.06. The smallest absolute Gasteiger partial charge is 0.104 e. The van der Waals surface area contributed by atoms with Crippen LogP contribution in [-0.4, -0.2) is 4.57 Å². The molecule has 0 radical (unpaired) electrons. The van der Waals surface area contributed by atoms with Crippen LogP contribution >= 0.6 is 11.3 Å². The summed E-state index contributed by atoms with van der Waals surface area (Å²) < 4.78 is 2.51. The van der Waals surface area contributed by atoms with Crippen LogP contribution in [0.15, 0.2) is 24.3 Å². The molecule has 0 bridgehead atoms. The Kier molecular flexibility index (Phi) is 3.84. The number of rotatable bonds is 5. The van der Waals surface area contributed by atoms with Crippen molar-refractivity contribution in [2.75, 3.05) is 0 Å². The van der Waals surface area contributed by atoms with Gasteiger partial charge >= 0.3 is 0 Å². The van der Waals surface area contributed by atoms with Crippen molar-refractivity contribution in [2.45, 2.75) is 53.0 Å². The number of aryl methyl sites for hydroxylation is 3. The molecule has 106 valence electrons. The third kappa shape index (κ3) is 2.26. The Labute approximate surface area is 125 Å². The highest BCUT2D eigenvalue weighted by molar-refractivity contribution is 7.18. The molecule has 1 nitrogen and oxygen atoms in total. The molecule has 0 spiro atoms. The van der Waals surface area contributed by atoms with Gasteiger partial charge in [-0.3, -0.25) is 0 Å². The molecule has 2 aromatic heterocycles. The van der Waals surface area contributed by atoms with E-state index in [0.29, 0.717) is 0 Å². The first-order chi connectivity index (χ1) is 9.74. The number of fused-ring (bicyclic) bond motifs is 3. The summed E-state index contributed by atoms with van der Waals surface area (Å²) in [5, 5.41) is 2.90. The van der Waals surface area contributed by atoms with Gasteiger partial charge in [0.1, 0.15) is 4.83 Å². The molecule has 0 aliphatic rings. The summed E-state index contributed by atoms with van der Waals surface area (Å²) in [5.74, 6) is 0. The standard InChI is InChI=1S/C18H23NS/c1-4-6-7-14-8-9-17-15(12-14)16-11-13(3)20-18(16)19(17)10-5-2/h8-9,11-12H,4-7,10H2,1-3H3. The molecule has 0 atom stereocenters.